The van der Waals surface area contributed by atoms with Gasteiger partial charge >= 0.3 is 0 Å². The highest BCUT2D eigenvalue weighted by Gasteiger charge is 2.29. The molecule has 0 radical (unpaired) electrons. The molecule has 2 aliphatic rings. The molecule has 3 rings (SSSR count). The Labute approximate surface area is 159 Å². The number of aliphatic imine (C=N–C) groups is 1. The Morgan fingerprint density at radius 3 is 2.81 bits per heavy atom. The van der Waals surface area contributed by atoms with Crippen molar-refractivity contribution in [2.24, 2.45) is 22.7 Å². The number of rotatable bonds is 5. The van der Waals surface area contributed by atoms with E-state index < -0.39 is 0 Å². The first kappa shape index (κ1) is 19.2. The van der Waals surface area contributed by atoms with Crippen LogP contribution in [0.5, 0.6) is 0 Å². The summed E-state index contributed by atoms with van der Waals surface area (Å²) in [6.07, 6.45) is 5.16. The normalized spacial score (nSPS) is 27.2. The summed E-state index contributed by atoms with van der Waals surface area (Å²) in [6.45, 7) is 8.71. The smallest absolute Gasteiger partial charge is 0.193 e. The Balaban J connectivity index is 1.56. The van der Waals surface area contributed by atoms with Crippen LogP contribution in [-0.4, -0.2) is 44.1 Å². The van der Waals surface area contributed by atoms with E-state index >= 15 is 0 Å². The molecule has 2 heterocycles. The second kappa shape index (κ2) is 9.40. The molecule has 0 spiro atoms. The van der Waals surface area contributed by atoms with Crippen LogP contribution in [0.4, 0.5) is 0 Å². The van der Waals surface area contributed by atoms with Gasteiger partial charge < -0.3 is 15.0 Å². The predicted molar refractivity (Wildman–Crippen MR) is 108 cm³/mol. The van der Waals surface area contributed by atoms with Crippen LogP contribution in [-0.2, 0) is 4.74 Å². The fraction of sp³-hybridized carbons (Fsp3) is 0.682. The van der Waals surface area contributed by atoms with Crippen LogP contribution in [0.25, 0.3) is 0 Å². The SMILES string of the molecule is CN=C(NCC1CCCOC1c1ccccc1)N1CCC(CC(C)C)C1. The summed E-state index contributed by atoms with van der Waals surface area (Å²) in [6, 6.07) is 10.7. The topological polar surface area (TPSA) is 36.9 Å². The van der Waals surface area contributed by atoms with Crippen molar-refractivity contribution in [1.82, 2.24) is 10.2 Å². The predicted octanol–water partition coefficient (Wildman–Crippen LogP) is 4.10. The lowest BCUT2D eigenvalue weighted by atomic mass is 9.89. The monoisotopic (exact) mass is 357 g/mol. The molecule has 0 bridgehead atoms. The largest absolute Gasteiger partial charge is 0.373 e. The number of ether oxygens (including phenoxy) is 1. The first-order chi connectivity index (χ1) is 12.7. The summed E-state index contributed by atoms with van der Waals surface area (Å²) in [4.78, 5) is 7.00. The van der Waals surface area contributed by atoms with E-state index in [1.807, 2.05) is 7.05 Å². The molecule has 0 saturated carbocycles. The van der Waals surface area contributed by atoms with Gasteiger partial charge in [0.25, 0.3) is 0 Å². The van der Waals surface area contributed by atoms with Crippen molar-refractivity contribution in [3.63, 3.8) is 0 Å². The second-order valence-corrected chi connectivity index (χ2v) is 8.26. The molecule has 1 aromatic carbocycles. The van der Waals surface area contributed by atoms with Crippen LogP contribution >= 0.6 is 0 Å². The molecule has 1 aromatic rings. The fourth-order valence-corrected chi connectivity index (χ4v) is 4.50. The van der Waals surface area contributed by atoms with Crippen LogP contribution in [0.15, 0.2) is 35.3 Å². The Morgan fingerprint density at radius 1 is 1.27 bits per heavy atom. The molecule has 2 fully saturated rings. The molecule has 0 aromatic heterocycles. The molecule has 2 saturated heterocycles. The van der Waals surface area contributed by atoms with Gasteiger partial charge in [-0.3, -0.25) is 4.99 Å². The molecule has 144 valence electrons. The van der Waals surface area contributed by atoms with Gasteiger partial charge in [0.1, 0.15) is 0 Å². The molecule has 1 N–H and O–H groups in total. The van der Waals surface area contributed by atoms with Crippen LogP contribution in [0.3, 0.4) is 0 Å². The minimum Gasteiger partial charge on any atom is -0.373 e. The van der Waals surface area contributed by atoms with Crippen LogP contribution in [0, 0.1) is 17.8 Å². The van der Waals surface area contributed by atoms with Crippen molar-refractivity contribution in [2.45, 2.75) is 45.6 Å². The third kappa shape index (κ3) is 5.00. The first-order valence-electron chi connectivity index (χ1n) is 10.3. The lowest BCUT2D eigenvalue weighted by Crippen LogP contribution is -2.43. The maximum atomic E-state index is 6.14. The maximum absolute atomic E-state index is 6.14. The molecular weight excluding hydrogens is 322 g/mol. The Kier molecular flexibility index (Phi) is 6.95. The molecule has 26 heavy (non-hydrogen) atoms. The second-order valence-electron chi connectivity index (χ2n) is 8.26. The Bertz CT molecular complexity index is 572. The molecular formula is C22H35N3O. The maximum Gasteiger partial charge on any atom is 0.193 e. The summed E-state index contributed by atoms with van der Waals surface area (Å²) in [7, 11) is 1.91. The third-order valence-electron chi connectivity index (χ3n) is 5.70. The quantitative estimate of drug-likeness (QED) is 0.637. The van der Waals surface area contributed by atoms with E-state index in [0.717, 1.165) is 50.5 Å². The van der Waals surface area contributed by atoms with Crippen LogP contribution in [0.1, 0.15) is 51.2 Å². The number of likely N-dealkylation sites (tertiary alicyclic amines) is 1. The zero-order valence-electron chi connectivity index (χ0n) is 16.7. The third-order valence-corrected chi connectivity index (χ3v) is 5.70. The number of hydrogen-bond acceptors (Lipinski definition) is 2. The summed E-state index contributed by atoms with van der Waals surface area (Å²) < 4.78 is 6.14. The van der Waals surface area contributed by atoms with Crippen molar-refractivity contribution < 1.29 is 4.74 Å². The van der Waals surface area contributed by atoms with E-state index in [2.05, 4.69) is 59.4 Å². The number of nitrogens with one attached hydrogen (secondary N) is 1. The summed E-state index contributed by atoms with van der Waals surface area (Å²) >= 11 is 0. The van der Waals surface area contributed by atoms with E-state index in [9.17, 15) is 0 Å². The number of guanidine groups is 1. The van der Waals surface area contributed by atoms with Gasteiger partial charge in [0.15, 0.2) is 5.96 Å². The van der Waals surface area contributed by atoms with Crippen molar-refractivity contribution in [3.05, 3.63) is 35.9 Å². The number of hydrogen-bond donors (Lipinski definition) is 1. The lowest BCUT2D eigenvalue weighted by Gasteiger charge is -2.33. The van der Waals surface area contributed by atoms with Gasteiger partial charge in [-0.2, -0.15) is 0 Å². The Morgan fingerprint density at radius 2 is 2.08 bits per heavy atom. The number of nitrogens with zero attached hydrogens (tertiary/aromatic N) is 2. The zero-order valence-corrected chi connectivity index (χ0v) is 16.7. The summed E-state index contributed by atoms with van der Waals surface area (Å²) in [5, 5.41) is 3.65. The van der Waals surface area contributed by atoms with E-state index in [0.29, 0.717) is 5.92 Å². The van der Waals surface area contributed by atoms with Crippen molar-refractivity contribution in [2.75, 3.05) is 33.3 Å². The molecule has 3 atom stereocenters. The molecule has 2 aliphatic heterocycles. The van der Waals surface area contributed by atoms with Crippen molar-refractivity contribution >= 4 is 5.96 Å². The average Bonchev–Trinajstić information content (AvgIpc) is 3.11. The van der Waals surface area contributed by atoms with E-state index in [4.69, 9.17) is 4.74 Å². The van der Waals surface area contributed by atoms with Gasteiger partial charge in [-0.25, -0.2) is 0 Å². The van der Waals surface area contributed by atoms with Crippen LogP contribution in [0.2, 0.25) is 0 Å². The van der Waals surface area contributed by atoms with Crippen molar-refractivity contribution in [3.8, 4) is 0 Å². The fourth-order valence-electron chi connectivity index (χ4n) is 4.50. The van der Waals surface area contributed by atoms with Gasteiger partial charge in [0.2, 0.25) is 0 Å². The highest BCUT2D eigenvalue weighted by Crippen LogP contribution is 2.33. The van der Waals surface area contributed by atoms with E-state index in [-0.39, 0.29) is 6.10 Å². The van der Waals surface area contributed by atoms with E-state index in [1.54, 1.807) is 0 Å². The minimum atomic E-state index is 0.197. The number of benzene rings is 1. The lowest BCUT2D eigenvalue weighted by molar-refractivity contribution is -0.0266. The highest BCUT2D eigenvalue weighted by atomic mass is 16.5. The minimum absolute atomic E-state index is 0.197. The molecule has 4 heteroatoms. The van der Waals surface area contributed by atoms with Gasteiger partial charge in [0.05, 0.1) is 6.10 Å². The highest BCUT2D eigenvalue weighted by molar-refractivity contribution is 5.80. The van der Waals surface area contributed by atoms with Crippen LogP contribution < -0.4 is 5.32 Å². The molecule has 4 nitrogen and oxygen atoms in total. The first-order valence-corrected chi connectivity index (χ1v) is 10.3. The summed E-state index contributed by atoms with van der Waals surface area (Å²) in [5.41, 5.74) is 1.30. The van der Waals surface area contributed by atoms with E-state index in [1.165, 1.54) is 24.8 Å². The van der Waals surface area contributed by atoms with Gasteiger partial charge in [-0.1, -0.05) is 44.2 Å². The molecule has 0 aliphatic carbocycles. The average molecular weight is 358 g/mol. The summed E-state index contributed by atoms with van der Waals surface area (Å²) in [5.74, 6) is 3.15. The van der Waals surface area contributed by atoms with Gasteiger partial charge in [-0.15, -0.1) is 0 Å². The van der Waals surface area contributed by atoms with Crippen molar-refractivity contribution in [1.29, 1.82) is 0 Å². The Hall–Kier alpha value is -1.55. The molecule has 0 amide bonds. The van der Waals surface area contributed by atoms with Gasteiger partial charge in [0, 0.05) is 39.2 Å². The molecule has 3 unspecified atom stereocenters. The van der Waals surface area contributed by atoms with Gasteiger partial charge in [-0.05, 0) is 43.1 Å². The standard InChI is InChI=1S/C22H35N3O/c1-17(2)14-18-11-12-25(16-18)22(23-3)24-15-20-10-7-13-26-21(20)19-8-5-4-6-9-19/h4-6,8-9,17-18,20-21H,7,10-16H2,1-3H3,(H,23,24). The zero-order chi connectivity index (χ0) is 18.4.